The van der Waals surface area contributed by atoms with Gasteiger partial charge in [-0.1, -0.05) is 6.07 Å². The first kappa shape index (κ1) is 10.3. The number of hydrogen-bond donors (Lipinski definition) is 0. The second kappa shape index (κ2) is 4.48. The van der Waals surface area contributed by atoms with Crippen LogP contribution in [0.4, 0.5) is 0 Å². The summed E-state index contributed by atoms with van der Waals surface area (Å²) in [6.45, 7) is 0.392. The molecule has 0 aromatic carbocycles. The zero-order valence-electron chi connectivity index (χ0n) is 7.62. The van der Waals surface area contributed by atoms with Crippen molar-refractivity contribution >= 4 is 21.7 Å². The van der Waals surface area contributed by atoms with Gasteiger partial charge in [0.25, 0.3) is 0 Å². The third-order valence-corrected chi connectivity index (χ3v) is 1.90. The second-order valence-corrected chi connectivity index (χ2v) is 3.82. The van der Waals surface area contributed by atoms with Crippen LogP contribution in [0.3, 0.4) is 0 Å². The smallest absolute Gasteiger partial charge is 0.195 e. The van der Waals surface area contributed by atoms with Gasteiger partial charge in [0, 0.05) is 0 Å². The van der Waals surface area contributed by atoms with Gasteiger partial charge in [-0.2, -0.15) is 0 Å². The topological polar surface area (TPSA) is 33.2 Å². The largest absolute Gasteiger partial charge is 0.302 e. The quantitative estimate of drug-likeness (QED) is 0.597. The molecule has 1 heterocycles. The fraction of sp³-hybridized carbons (Fsp3) is 0.333. The van der Waals surface area contributed by atoms with Crippen molar-refractivity contribution in [2.75, 3.05) is 20.6 Å². The molecule has 0 spiro atoms. The van der Waals surface area contributed by atoms with Crippen molar-refractivity contribution in [3.05, 3.63) is 28.5 Å². The lowest BCUT2D eigenvalue weighted by molar-refractivity contribution is 0.0953. The SMILES string of the molecule is CN(C)CC(=O)c1cccc(Br)n1. The summed E-state index contributed by atoms with van der Waals surface area (Å²) < 4.78 is 0.692. The molecule has 0 unspecified atom stereocenters. The number of likely N-dealkylation sites (N-methyl/N-ethyl adjacent to an activating group) is 1. The maximum Gasteiger partial charge on any atom is 0.195 e. The van der Waals surface area contributed by atoms with Crippen LogP contribution < -0.4 is 0 Å². The maximum atomic E-state index is 11.5. The first-order valence-electron chi connectivity index (χ1n) is 3.90. The average molecular weight is 243 g/mol. The molecular weight excluding hydrogens is 232 g/mol. The van der Waals surface area contributed by atoms with Crippen LogP contribution in [0.15, 0.2) is 22.8 Å². The zero-order valence-corrected chi connectivity index (χ0v) is 9.21. The summed E-state index contributed by atoms with van der Waals surface area (Å²) in [5.41, 5.74) is 0.503. The number of halogens is 1. The van der Waals surface area contributed by atoms with E-state index in [-0.39, 0.29) is 5.78 Å². The van der Waals surface area contributed by atoms with Crippen LogP contribution in [0.1, 0.15) is 10.5 Å². The van der Waals surface area contributed by atoms with E-state index in [1.54, 1.807) is 18.2 Å². The molecule has 1 rings (SSSR count). The Morgan fingerprint density at radius 3 is 2.77 bits per heavy atom. The lowest BCUT2D eigenvalue weighted by Gasteiger charge is -2.07. The third-order valence-electron chi connectivity index (χ3n) is 1.46. The fourth-order valence-corrected chi connectivity index (χ4v) is 1.28. The Kier molecular flexibility index (Phi) is 3.57. The van der Waals surface area contributed by atoms with Crippen molar-refractivity contribution in [1.82, 2.24) is 9.88 Å². The summed E-state index contributed by atoms with van der Waals surface area (Å²) in [7, 11) is 3.71. The molecule has 0 fully saturated rings. The Morgan fingerprint density at radius 2 is 2.23 bits per heavy atom. The van der Waals surface area contributed by atoms with E-state index in [2.05, 4.69) is 20.9 Å². The number of pyridine rings is 1. The van der Waals surface area contributed by atoms with E-state index in [0.29, 0.717) is 16.8 Å². The van der Waals surface area contributed by atoms with Crippen LogP contribution >= 0.6 is 15.9 Å². The summed E-state index contributed by atoms with van der Waals surface area (Å²) in [5, 5.41) is 0. The minimum atomic E-state index is 0.0336. The first-order chi connectivity index (χ1) is 6.09. The number of nitrogens with zero attached hydrogens (tertiary/aromatic N) is 2. The number of carbonyl (C=O) groups is 1. The molecule has 0 N–H and O–H groups in total. The summed E-state index contributed by atoms with van der Waals surface area (Å²) in [5.74, 6) is 0.0336. The standard InChI is InChI=1S/C9H11BrN2O/c1-12(2)6-8(13)7-4-3-5-9(10)11-7/h3-5H,6H2,1-2H3. The van der Waals surface area contributed by atoms with Crippen molar-refractivity contribution in [3.8, 4) is 0 Å². The van der Waals surface area contributed by atoms with Gasteiger partial charge in [0.05, 0.1) is 6.54 Å². The molecule has 0 aliphatic heterocycles. The van der Waals surface area contributed by atoms with E-state index in [9.17, 15) is 4.79 Å². The summed E-state index contributed by atoms with van der Waals surface area (Å²) >= 11 is 3.22. The minimum absolute atomic E-state index is 0.0336. The Morgan fingerprint density at radius 1 is 1.54 bits per heavy atom. The number of ketones is 1. The highest BCUT2D eigenvalue weighted by Crippen LogP contribution is 2.06. The van der Waals surface area contributed by atoms with Crippen molar-refractivity contribution in [2.45, 2.75) is 0 Å². The molecule has 3 nitrogen and oxygen atoms in total. The van der Waals surface area contributed by atoms with Crippen LogP contribution in [-0.2, 0) is 0 Å². The van der Waals surface area contributed by atoms with Crippen LogP contribution in [0.25, 0.3) is 0 Å². The van der Waals surface area contributed by atoms with Crippen molar-refractivity contribution in [1.29, 1.82) is 0 Å². The van der Waals surface area contributed by atoms with Gasteiger partial charge in [0.1, 0.15) is 10.3 Å². The molecule has 1 aromatic rings. The molecule has 0 atom stereocenters. The number of Topliss-reactive ketones (excluding diaryl/α,β-unsaturated/α-hetero) is 1. The lowest BCUT2D eigenvalue weighted by atomic mass is 10.2. The Hall–Kier alpha value is -0.740. The summed E-state index contributed by atoms with van der Waals surface area (Å²) in [4.78, 5) is 17.4. The minimum Gasteiger partial charge on any atom is -0.302 e. The number of aromatic nitrogens is 1. The van der Waals surface area contributed by atoms with Crippen LogP contribution in [0, 0.1) is 0 Å². The predicted octanol–water partition coefficient (Wildman–Crippen LogP) is 1.59. The van der Waals surface area contributed by atoms with Gasteiger partial charge in [0.2, 0.25) is 0 Å². The monoisotopic (exact) mass is 242 g/mol. The van der Waals surface area contributed by atoms with E-state index in [0.717, 1.165) is 0 Å². The van der Waals surface area contributed by atoms with Crippen LogP contribution in [0.2, 0.25) is 0 Å². The molecule has 0 saturated heterocycles. The number of rotatable bonds is 3. The second-order valence-electron chi connectivity index (χ2n) is 3.01. The molecule has 13 heavy (non-hydrogen) atoms. The van der Waals surface area contributed by atoms with Gasteiger partial charge >= 0.3 is 0 Å². The fourth-order valence-electron chi connectivity index (χ4n) is 0.932. The van der Waals surface area contributed by atoms with E-state index < -0.39 is 0 Å². The molecule has 0 amide bonds. The predicted molar refractivity (Wildman–Crippen MR) is 54.8 cm³/mol. The van der Waals surface area contributed by atoms with E-state index in [1.807, 2.05) is 19.0 Å². The highest BCUT2D eigenvalue weighted by atomic mass is 79.9. The van der Waals surface area contributed by atoms with Crippen LogP contribution in [-0.4, -0.2) is 36.3 Å². The number of carbonyl (C=O) groups excluding carboxylic acids is 1. The summed E-state index contributed by atoms with van der Waals surface area (Å²) in [6, 6.07) is 5.32. The lowest BCUT2D eigenvalue weighted by Crippen LogP contribution is -2.22. The third kappa shape index (κ3) is 3.24. The van der Waals surface area contributed by atoms with Crippen molar-refractivity contribution in [3.63, 3.8) is 0 Å². The molecule has 0 bridgehead atoms. The Bertz CT molecular complexity index is 312. The van der Waals surface area contributed by atoms with Crippen LogP contribution in [0.5, 0.6) is 0 Å². The van der Waals surface area contributed by atoms with Gasteiger partial charge < -0.3 is 4.90 Å². The van der Waals surface area contributed by atoms with Gasteiger partial charge in [-0.3, -0.25) is 4.79 Å². The Balaban J connectivity index is 2.77. The highest BCUT2D eigenvalue weighted by Gasteiger charge is 2.07. The molecule has 4 heteroatoms. The molecule has 1 aromatic heterocycles. The van der Waals surface area contributed by atoms with Gasteiger partial charge in [-0.25, -0.2) is 4.98 Å². The Labute approximate surface area is 85.9 Å². The average Bonchev–Trinajstić information content (AvgIpc) is 2.03. The first-order valence-corrected chi connectivity index (χ1v) is 4.69. The van der Waals surface area contributed by atoms with Crippen molar-refractivity contribution in [2.24, 2.45) is 0 Å². The highest BCUT2D eigenvalue weighted by molar-refractivity contribution is 9.10. The molecular formula is C9H11BrN2O. The summed E-state index contributed by atoms with van der Waals surface area (Å²) in [6.07, 6.45) is 0. The van der Waals surface area contributed by atoms with Gasteiger partial charge in [0.15, 0.2) is 5.78 Å². The van der Waals surface area contributed by atoms with Gasteiger partial charge in [-0.15, -0.1) is 0 Å². The van der Waals surface area contributed by atoms with E-state index >= 15 is 0 Å². The molecule has 70 valence electrons. The van der Waals surface area contributed by atoms with Gasteiger partial charge in [-0.05, 0) is 42.2 Å². The van der Waals surface area contributed by atoms with E-state index in [1.165, 1.54) is 0 Å². The number of hydrogen-bond acceptors (Lipinski definition) is 3. The molecule has 0 aliphatic rings. The normalized spacial score (nSPS) is 10.5. The molecule has 0 radical (unpaired) electrons. The van der Waals surface area contributed by atoms with Crippen molar-refractivity contribution < 1.29 is 4.79 Å². The maximum absolute atomic E-state index is 11.5. The molecule has 0 aliphatic carbocycles. The molecule has 0 saturated carbocycles. The zero-order chi connectivity index (χ0) is 9.84. The van der Waals surface area contributed by atoms with E-state index in [4.69, 9.17) is 0 Å².